The number of aromatic nitrogens is 1. The van der Waals surface area contributed by atoms with Crippen LogP contribution in [0.2, 0.25) is 0 Å². The smallest absolute Gasteiger partial charge is 0.261 e. The van der Waals surface area contributed by atoms with Gasteiger partial charge in [0.15, 0.2) is 0 Å². The molecule has 0 atom stereocenters. The van der Waals surface area contributed by atoms with Crippen LogP contribution in [0.3, 0.4) is 0 Å². The van der Waals surface area contributed by atoms with Crippen molar-refractivity contribution in [3.8, 4) is 11.8 Å². The first kappa shape index (κ1) is 14.6. The van der Waals surface area contributed by atoms with Crippen LogP contribution in [0.15, 0.2) is 41.3 Å². The van der Waals surface area contributed by atoms with Gasteiger partial charge >= 0.3 is 0 Å². The lowest BCUT2D eigenvalue weighted by Gasteiger charge is -2.06. The van der Waals surface area contributed by atoms with Crippen LogP contribution in [0, 0.1) is 18.8 Å². The lowest BCUT2D eigenvalue weighted by molar-refractivity contribution is 0.102. The highest BCUT2D eigenvalue weighted by molar-refractivity contribution is 6.04. The van der Waals surface area contributed by atoms with Crippen LogP contribution < -0.4 is 16.6 Å². The third-order valence-corrected chi connectivity index (χ3v) is 2.87. The fraction of sp³-hybridized carbons (Fsp3) is 0.125. The number of hydrogen-bond acceptors (Lipinski definition) is 3. The lowest BCUT2D eigenvalue weighted by Crippen LogP contribution is -2.22. The van der Waals surface area contributed by atoms with E-state index in [1.807, 2.05) is 13.0 Å². The van der Waals surface area contributed by atoms with Gasteiger partial charge < -0.3 is 16.0 Å². The summed E-state index contributed by atoms with van der Waals surface area (Å²) in [5.41, 5.74) is 7.38. The molecular formula is C16H15N3O2. The van der Waals surface area contributed by atoms with Gasteiger partial charge in [-0.1, -0.05) is 11.8 Å². The topological polar surface area (TPSA) is 88.0 Å². The van der Waals surface area contributed by atoms with E-state index < -0.39 is 11.5 Å². The first-order chi connectivity index (χ1) is 10.1. The summed E-state index contributed by atoms with van der Waals surface area (Å²) < 4.78 is 0. The van der Waals surface area contributed by atoms with E-state index in [0.717, 1.165) is 11.1 Å². The molecule has 0 unspecified atom stereocenters. The molecule has 5 heteroatoms. The summed E-state index contributed by atoms with van der Waals surface area (Å²) in [5.74, 6) is 5.29. The number of amides is 1. The average Bonchev–Trinajstić information content (AvgIpc) is 2.47. The van der Waals surface area contributed by atoms with Crippen LogP contribution >= 0.6 is 0 Å². The molecule has 21 heavy (non-hydrogen) atoms. The van der Waals surface area contributed by atoms with E-state index in [-0.39, 0.29) is 5.56 Å². The van der Waals surface area contributed by atoms with Crippen molar-refractivity contribution in [1.82, 2.24) is 4.98 Å². The van der Waals surface area contributed by atoms with E-state index in [1.165, 1.54) is 12.3 Å². The Balaban J connectivity index is 2.21. The SMILES string of the molecule is Cc1cc(NC(=O)c2ccc[nH]c2=O)ccc1C#CCN. The number of anilines is 1. The van der Waals surface area contributed by atoms with E-state index in [4.69, 9.17) is 5.73 Å². The second-order valence-electron chi connectivity index (χ2n) is 4.40. The molecule has 1 aromatic heterocycles. The van der Waals surface area contributed by atoms with Gasteiger partial charge in [-0.15, -0.1) is 0 Å². The van der Waals surface area contributed by atoms with Gasteiger partial charge in [0.05, 0.1) is 6.54 Å². The van der Waals surface area contributed by atoms with E-state index in [0.29, 0.717) is 12.2 Å². The Hall–Kier alpha value is -2.84. The minimum atomic E-state index is -0.447. The number of rotatable bonds is 2. The van der Waals surface area contributed by atoms with Crippen molar-refractivity contribution in [1.29, 1.82) is 0 Å². The largest absolute Gasteiger partial charge is 0.328 e. The van der Waals surface area contributed by atoms with Gasteiger partial charge in [-0.05, 0) is 42.8 Å². The molecule has 106 valence electrons. The van der Waals surface area contributed by atoms with Gasteiger partial charge in [-0.2, -0.15) is 0 Å². The minimum absolute atomic E-state index is 0.0714. The first-order valence-corrected chi connectivity index (χ1v) is 6.40. The zero-order valence-corrected chi connectivity index (χ0v) is 11.6. The molecule has 4 N–H and O–H groups in total. The zero-order chi connectivity index (χ0) is 15.2. The summed E-state index contributed by atoms with van der Waals surface area (Å²) in [5, 5.41) is 2.69. The molecule has 0 spiro atoms. The molecule has 0 saturated heterocycles. The standard InChI is InChI=1S/C16H15N3O2/c1-11-10-13(7-6-12(11)4-2-8-17)19-16(21)14-5-3-9-18-15(14)20/h3,5-7,9-10H,8,17H2,1H3,(H,18,20)(H,19,21). The Morgan fingerprint density at radius 1 is 1.38 bits per heavy atom. The molecular weight excluding hydrogens is 266 g/mol. The van der Waals surface area contributed by atoms with Gasteiger partial charge in [0.2, 0.25) is 0 Å². The molecule has 2 rings (SSSR count). The van der Waals surface area contributed by atoms with Gasteiger partial charge in [0.25, 0.3) is 11.5 Å². The molecule has 0 aliphatic carbocycles. The fourth-order valence-corrected chi connectivity index (χ4v) is 1.83. The molecule has 1 aromatic carbocycles. The predicted octanol–water partition coefficient (Wildman–Crippen LogP) is 1.25. The Labute approximate surface area is 122 Å². The third kappa shape index (κ3) is 3.59. The van der Waals surface area contributed by atoms with Crippen molar-refractivity contribution in [3.63, 3.8) is 0 Å². The molecule has 1 amide bonds. The summed E-state index contributed by atoms with van der Waals surface area (Å²) >= 11 is 0. The van der Waals surface area contributed by atoms with Crippen LogP contribution in [0.1, 0.15) is 21.5 Å². The summed E-state index contributed by atoms with van der Waals surface area (Å²) in [6.45, 7) is 2.19. The van der Waals surface area contributed by atoms with Crippen molar-refractivity contribution in [2.24, 2.45) is 5.73 Å². The maximum absolute atomic E-state index is 12.0. The van der Waals surface area contributed by atoms with Crippen molar-refractivity contribution >= 4 is 11.6 Å². The monoisotopic (exact) mass is 281 g/mol. The molecule has 0 bridgehead atoms. The Morgan fingerprint density at radius 2 is 2.19 bits per heavy atom. The van der Waals surface area contributed by atoms with Crippen LogP contribution in [0.5, 0.6) is 0 Å². The number of H-pyrrole nitrogens is 1. The van der Waals surface area contributed by atoms with E-state index in [1.54, 1.807) is 18.2 Å². The molecule has 2 aromatic rings. The maximum Gasteiger partial charge on any atom is 0.261 e. The highest BCUT2D eigenvalue weighted by Gasteiger charge is 2.10. The number of nitrogens with one attached hydrogen (secondary N) is 2. The predicted molar refractivity (Wildman–Crippen MR) is 82.1 cm³/mol. The Bertz CT molecular complexity index is 782. The van der Waals surface area contributed by atoms with Crippen molar-refractivity contribution in [3.05, 3.63) is 63.6 Å². The Kier molecular flexibility index (Phi) is 4.54. The number of benzene rings is 1. The molecule has 1 heterocycles. The summed E-state index contributed by atoms with van der Waals surface area (Å²) in [6.07, 6.45) is 1.48. The van der Waals surface area contributed by atoms with Crippen LogP contribution in [0.25, 0.3) is 0 Å². The van der Waals surface area contributed by atoms with Crippen molar-refractivity contribution in [2.75, 3.05) is 11.9 Å². The van der Waals surface area contributed by atoms with E-state index in [9.17, 15) is 9.59 Å². The molecule has 0 fully saturated rings. The maximum atomic E-state index is 12.0. The quantitative estimate of drug-likeness (QED) is 0.724. The van der Waals surface area contributed by atoms with E-state index in [2.05, 4.69) is 22.1 Å². The minimum Gasteiger partial charge on any atom is -0.328 e. The summed E-state index contributed by atoms with van der Waals surface area (Å²) in [6, 6.07) is 8.43. The molecule has 0 aliphatic heterocycles. The van der Waals surface area contributed by atoms with Gasteiger partial charge in [-0.3, -0.25) is 9.59 Å². The van der Waals surface area contributed by atoms with Gasteiger partial charge in [0, 0.05) is 17.4 Å². The molecule has 5 nitrogen and oxygen atoms in total. The van der Waals surface area contributed by atoms with Gasteiger partial charge in [0.1, 0.15) is 5.56 Å². The van der Waals surface area contributed by atoms with Crippen molar-refractivity contribution in [2.45, 2.75) is 6.92 Å². The van der Waals surface area contributed by atoms with Gasteiger partial charge in [-0.25, -0.2) is 0 Å². The third-order valence-electron chi connectivity index (χ3n) is 2.87. The molecule has 0 aliphatic rings. The van der Waals surface area contributed by atoms with Crippen LogP contribution in [0.4, 0.5) is 5.69 Å². The lowest BCUT2D eigenvalue weighted by atomic mass is 10.1. The Morgan fingerprint density at radius 3 is 2.86 bits per heavy atom. The number of aromatic amines is 1. The van der Waals surface area contributed by atoms with Crippen LogP contribution in [-0.4, -0.2) is 17.4 Å². The summed E-state index contributed by atoms with van der Waals surface area (Å²) in [4.78, 5) is 26.0. The number of hydrogen-bond donors (Lipinski definition) is 3. The number of pyridine rings is 1. The average molecular weight is 281 g/mol. The summed E-state index contributed by atoms with van der Waals surface area (Å²) in [7, 11) is 0. The first-order valence-electron chi connectivity index (χ1n) is 6.40. The second-order valence-corrected chi connectivity index (χ2v) is 4.40. The highest BCUT2D eigenvalue weighted by atomic mass is 16.2. The zero-order valence-electron chi connectivity index (χ0n) is 11.6. The molecule has 0 radical (unpaired) electrons. The number of carbonyl (C=O) groups excluding carboxylic acids is 1. The highest BCUT2D eigenvalue weighted by Crippen LogP contribution is 2.15. The number of nitrogens with two attached hydrogens (primary N) is 1. The van der Waals surface area contributed by atoms with E-state index >= 15 is 0 Å². The van der Waals surface area contributed by atoms with Crippen molar-refractivity contribution < 1.29 is 4.79 Å². The second kappa shape index (κ2) is 6.55. The normalized spacial score (nSPS) is 9.62. The molecule has 0 saturated carbocycles. The van der Waals surface area contributed by atoms with Crippen LogP contribution in [-0.2, 0) is 0 Å². The number of carbonyl (C=O) groups is 1. The fourth-order valence-electron chi connectivity index (χ4n) is 1.83. The number of aryl methyl sites for hydroxylation is 1.